The van der Waals surface area contributed by atoms with Gasteiger partial charge in [0.25, 0.3) is 0 Å². The van der Waals surface area contributed by atoms with Crippen molar-refractivity contribution in [3.8, 4) is 0 Å². The second kappa shape index (κ2) is 9.34. The number of carbonyl (C=O) groups excluding carboxylic acids is 1. The molecule has 2 aromatic carbocycles. The van der Waals surface area contributed by atoms with Crippen molar-refractivity contribution in [1.29, 1.82) is 0 Å². The van der Waals surface area contributed by atoms with Crippen molar-refractivity contribution in [2.75, 3.05) is 26.2 Å². The van der Waals surface area contributed by atoms with E-state index in [-0.39, 0.29) is 18.2 Å². The zero-order valence-electron chi connectivity index (χ0n) is 17.3. The van der Waals surface area contributed by atoms with Crippen LogP contribution in [0.2, 0.25) is 0 Å². The first kappa shape index (κ1) is 21.1. The minimum Gasteiger partial charge on any atom is -0.444 e. The highest BCUT2D eigenvalue weighted by Gasteiger charge is 2.39. The van der Waals surface area contributed by atoms with E-state index in [1.165, 1.54) is 11.1 Å². The van der Waals surface area contributed by atoms with Gasteiger partial charge in [-0.2, -0.15) is 0 Å². The summed E-state index contributed by atoms with van der Waals surface area (Å²) in [6, 6.07) is 18.8. The fraction of sp³-hybridized carbons (Fsp3) is 0.435. The maximum absolute atomic E-state index is 13.2. The van der Waals surface area contributed by atoms with Crippen molar-refractivity contribution < 1.29 is 14.6 Å². The number of ether oxygens (including phenoxy) is 1. The molecule has 3 fully saturated rings. The first-order chi connectivity index (χ1) is 15.0. The van der Waals surface area contributed by atoms with Gasteiger partial charge in [-0.15, -0.1) is 0 Å². The van der Waals surface area contributed by atoms with Gasteiger partial charge in [-0.25, -0.2) is 4.79 Å². The molecule has 6 rings (SSSR count). The number of carbonyl (C=O) groups is 1. The largest absolute Gasteiger partial charge is 0.444 e. The molecular formula is C23H26N3O5-. The van der Waals surface area contributed by atoms with Gasteiger partial charge >= 0.3 is 6.09 Å². The van der Waals surface area contributed by atoms with Gasteiger partial charge in [0.05, 0.1) is 11.1 Å². The first-order valence-corrected chi connectivity index (χ1v) is 10.7. The number of hydrogen-bond donors (Lipinski definition) is 0. The van der Waals surface area contributed by atoms with Crippen LogP contribution in [0.5, 0.6) is 0 Å². The van der Waals surface area contributed by atoms with Crippen molar-refractivity contribution in [3.05, 3.63) is 86.6 Å². The molecule has 0 unspecified atom stereocenters. The van der Waals surface area contributed by atoms with Gasteiger partial charge in [0.15, 0.2) is 0 Å². The van der Waals surface area contributed by atoms with Crippen LogP contribution in [-0.4, -0.2) is 53.3 Å². The molecule has 8 heteroatoms. The van der Waals surface area contributed by atoms with Gasteiger partial charge in [0, 0.05) is 13.1 Å². The average Bonchev–Trinajstić information content (AvgIpc) is 2.79. The SMILES string of the molecule is O=C(O[C@H]1CN2CCC1CC2)N1CCc2ccccc2[C@@H]1c1ccccc1.O=[N+]([O-])[O-]. The third-order valence-corrected chi connectivity index (χ3v) is 6.48. The van der Waals surface area contributed by atoms with Crippen LogP contribution >= 0.6 is 0 Å². The lowest BCUT2D eigenvalue weighted by Crippen LogP contribution is -2.53. The molecule has 0 aromatic heterocycles. The van der Waals surface area contributed by atoms with E-state index in [1.54, 1.807) is 0 Å². The summed E-state index contributed by atoms with van der Waals surface area (Å²) in [7, 11) is 0. The average molecular weight is 424 g/mol. The standard InChI is InChI=1S/C23H26N2O2.NO3/c26-23(27-21-16-24-13-10-18(21)11-14-24)25-15-12-17-6-4-5-9-20(17)22(25)19-7-2-1-3-8-19;2-1(3)4/h1-9,18,21-22H,10-16H2;/q;-1/t21-,22-;/m0./s1. The lowest BCUT2D eigenvalue weighted by molar-refractivity contribution is -0.402. The van der Waals surface area contributed by atoms with E-state index < -0.39 is 5.09 Å². The first-order valence-electron chi connectivity index (χ1n) is 10.7. The number of fused-ring (bicyclic) bond motifs is 4. The summed E-state index contributed by atoms with van der Waals surface area (Å²) in [4.78, 5) is 25.8. The minimum absolute atomic E-state index is 0.0496. The molecule has 0 saturated carbocycles. The molecule has 2 atom stereocenters. The summed E-state index contributed by atoms with van der Waals surface area (Å²) in [6.45, 7) is 3.91. The minimum atomic E-state index is -1.75. The van der Waals surface area contributed by atoms with E-state index in [2.05, 4.69) is 41.3 Å². The quantitative estimate of drug-likeness (QED) is 0.539. The molecule has 0 spiro atoms. The maximum Gasteiger partial charge on any atom is 0.410 e. The number of benzene rings is 2. The van der Waals surface area contributed by atoms with Gasteiger partial charge < -0.3 is 20.1 Å². The molecule has 4 aliphatic rings. The van der Waals surface area contributed by atoms with Crippen LogP contribution in [0.15, 0.2) is 54.6 Å². The van der Waals surface area contributed by atoms with Crippen molar-refractivity contribution in [3.63, 3.8) is 0 Å². The van der Waals surface area contributed by atoms with Crippen molar-refractivity contribution in [2.24, 2.45) is 5.92 Å². The number of piperidine rings is 3. The fourth-order valence-electron chi connectivity index (χ4n) is 5.00. The molecule has 2 aromatic rings. The zero-order valence-corrected chi connectivity index (χ0v) is 17.3. The Balaban J connectivity index is 0.000000535. The van der Waals surface area contributed by atoms with Gasteiger partial charge in [0.2, 0.25) is 0 Å². The van der Waals surface area contributed by atoms with Crippen molar-refractivity contribution in [1.82, 2.24) is 9.80 Å². The van der Waals surface area contributed by atoms with E-state index in [0.717, 1.165) is 44.5 Å². The molecule has 31 heavy (non-hydrogen) atoms. The summed E-state index contributed by atoms with van der Waals surface area (Å²) in [6.07, 6.45) is 3.09. The van der Waals surface area contributed by atoms with Gasteiger partial charge in [-0.3, -0.25) is 9.80 Å². The Kier molecular flexibility index (Phi) is 6.36. The fourth-order valence-corrected chi connectivity index (χ4v) is 5.00. The molecule has 3 saturated heterocycles. The second-order valence-electron chi connectivity index (χ2n) is 8.24. The summed E-state index contributed by atoms with van der Waals surface area (Å²) in [5.74, 6) is 0.534. The van der Waals surface area contributed by atoms with Crippen LogP contribution in [0.4, 0.5) is 4.79 Å². The van der Waals surface area contributed by atoms with Gasteiger partial charge in [-0.1, -0.05) is 54.6 Å². The molecular weight excluding hydrogens is 398 g/mol. The Morgan fingerprint density at radius 3 is 2.26 bits per heavy atom. The Hall–Kier alpha value is -3.13. The molecule has 164 valence electrons. The molecule has 0 aliphatic carbocycles. The van der Waals surface area contributed by atoms with Crippen molar-refractivity contribution >= 4 is 6.09 Å². The van der Waals surface area contributed by atoms with E-state index in [0.29, 0.717) is 12.5 Å². The van der Waals surface area contributed by atoms with E-state index in [9.17, 15) is 4.79 Å². The van der Waals surface area contributed by atoms with E-state index >= 15 is 0 Å². The smallest absolute Gasteiger partial charge is 0.410 e. The molecule has 4 heterocycles. The predicted octanol–water partition coefficient (Wildman–Crippen LogP) is 3.63. The summed E-state index contributed by atoms with van der Waals surface area (Å²) in [5, 5.41) is 14.8. The number of amides is 1. The van der Waals surface area contributed by atoms with Crippen LogP contribution < -0.4 is 0 Å². The maximum atomic E-state index is 13.2. The molecule has 0 N–H and O–H groups in total. The molecule has 8 nitrogen and oxygen atoms in total. The summed E-state index contributed by atoms with van der Waals surface area (Å²) < 4.78 is 6.08. The molecule has 1 amide bonds. The van der Waals surface area contributed by atoms with Crippen LogP contribution in [0.3, 0.4) is 0 Å². The number of rotatable bonds is 2. The van der Waals surface area contributed by atoms with Crippen LogP contribution in [0.25, 0.3) is 0 Å². The Labute approximate surface area is 181 Å². The molecule has 4 aliphatic heterocycles. The van der Waals surface area contributed by atoms with Gasteiger partial charge in [0.1, 0.15) is 6.10 Å². The number of nitrogens with zero attached hydrogens (tertiary/aromatic N) is 3. The molecule has 0 radical (unpaired) electrons. The summed E-state index contributed by atoms with van der Waals surface area (Å²) >= 11 is 0. The topological polar surface area (TPSA) is 99.0 Å². The monoisotopic (exact) mass is 424 g/mol. The third kappa shape index (κ3) is 4.80. The van der Waals surface area contributed by atoms with E-state index in [4.69, 9.17) is 20.1 Å². The lowest BCUT2D eigenvalue weighted by Gasteiger charge is -2.45. The van der Waals surface area contributed by atoms with Crippen LogP contribution in [0, 0.1) is 21.2 Å². The van der Waals surface area contributed by atoms with Gasteiger partial charge in [-0.05, 0) is 55.0 Å². The predicted molar refractivity (Wildman–Crippen MR) is 115 cm³/mol. The highest BCUT2D eigenvalue weighted by Crippen LogP contribution is 2.36. The Morgan fingerprint density at radius 1 is 0.968 bits per heavy atom. The Bertz CT molecular complexity index is 910. The highest BCUT2D eigenvalue weighted by atomic mass is 16.9. The highest BCUT2D eigenvalue weighted by molar-refractivity contribution is 5.70. The normalized spacial score (nSPS) is 26.3. The lowest BCUT2D eigenvalue weighted by atomic mass is 9.86. The van der Waals surface area contributed by atoms with Crippen LogP contribution in [0.1, 0.15) is 35.6 Å². The van der Waals surface area contributed by atoms with E-state index in [1.807, 2.05) is 23.1 Å². The van der Waals surface area contributed by atoms with Crippen molar-refractivity contribution in [2.45, 2.75) is 31.4 Å². The second-order valence-corrected chi connectivity index (χ2v) is 8.24. The molecule has 2 bridgehead atoms. The third-order valence-electron chi connectivity index (χ3n) is 6.48. The van der Waals surface area contributed by atoms with Crippen LogP contribution in [-0.2, 0) is 11.2 Å². The number of hydrogen-bond acceptors (Lipinski definition) is 6. The zero-order chi connectivity index (χ0) is 21.8. The Morgan fingerprint density at radius 2 is 1.61 bits per heavy atom. The summed E-state index contributed by atoms with van der Waals surface area (Å²) in [5.41, 5.74) is 3.70.